The fourth-order valence-electron chi connectivity index (χ4n) is 2.09. The molecule has 5 heteroatoms. The first kappa shape index (κ1) is 15.8. The largest absolute Gasteiger partial charge is 0.497 e. The highest BCUT2D eigenvalue weighted by Gasteiger charge is 2.03. The maximum Gasteiger partial charge on any atom is 0.250 e. The SMILES string of the molecule is COc1ccc(CCC(=O)NCc2ccc(=O)n(C)c2)cc1. The minimum absolute atomic E-state index is 0.00956. The van der Waals surface area contributed by atoms with E-state index in [0.717, 1.165) is 16.9 Å². The highest BCUT2D eigenvalue weighted by molar-refractivity contribution is 5.76. The van der Waals surface area contributed by atoms with Crippen LogP contribution in [-0.4, -0.2) is 17.6 Å². The number of ether oxygens (including phenoxy) is 1. The summed E-state index contributed by atoms with van der Waals surface area (Å²) >= 11 is 0. The van der Waals surface area contributed by atoms with Crippen molar-refractivity contribution in [1.29, 1.82) is 0 Å². The van der Waals surface area contributed by atoms with Crippen molar-refractivity contribution in [2.24, 2.45) is 7.05 Å². The Morgan fingerprint density at radius 1 is 1.14 bits per heavy atom. The zero-order valence-electron chi connectivity index (χ0n) is 12.8. The minimum Gasteiger partial charge on any atom is -0.497 e. The molecule has 0 unspecified atom stereocenters. The van der Waals surface area contributed by atoms with Gasteiger partial charge in [-0.15, -0.1) is 0 Å². The molecule has 0 aliphatic heterocycles. The lowest BCUT2D eigenvalue weighted by Crippen LogP contribution is -2.24. The van der Waals surface area contributed by atoms with Gasteiger partial charge in [-0.2, -0.15) is 0 Å². The van der Waals surface area contributed by atoms with E-state index in [1.807, 2.05) is 24.3 Å². The highest BCUT2D eigenvalue weighted by atomic mass is 16.5. The predicted octanol–water partition coefficient (Wildman–Crippen LogP) is 1.64. The maximum atomic E-state index is 11.9. The smallest absolute Gasteiger partial charge is 0.250 e. The van der Waals surface area contributed by atoms with Gasteiger partial charge in [0.05, 0.1) is 7.11 Å². The number of hydrogen-bond acceptors (Lipinski definition) is 3. The van der Waals surface area contributed by atoms with Crippen LogP contribution in [0.2, 0.25) is 0 Å². The van der Waals surface area contributed by atoms with Gasteiger partial charge < -0.3 is 14.6 Å². The first-order valence-electron chi connectivity index (χ1n) is 7.13. The Morgan fingerprint density at radius 2 is 1.82 bits per heavy atom. The van der Waals surface area contributed by atoms with Gasteiger partial charge in [0.15, 0.2) is 0 Å². The zero-order valence-corrected chi connectivity index (χ0v) is 12.8. The third-order valence-electron chi connectivity index (χ3n) is 3.44. The van der Waals surface area contributed by atoms with Gasteiger partial charge in [-0.25, -0.2) is 0 Å². The number of amides is 1. The van der Waals surface area contributed by atoms with E-state index in [-0.39, 0.29) is 11.5 Å². The van der Waals surface area contributed by atoms with Crippen molar-refractivity contribution in [3.63, 3.8) is 0 Å². The van der Waals surface area contributed by atoms with Gasteiger partial charge in [-0.3, -0.25) is 9.59 Å². The van der Waals surface area contributed by atoms with Gasteiger partial charge in [-0.05, 0) is 29.7 Å². The predicted molar refractivity (Wildman–Crippen MR) is 84.8 cm³/mol. The number of carbonyl (C=O) groups is 1. The summed E-state index contributed by atoms with van der Waals surface area (Å²) in [6.45, 7) is 0.426. The molecule has 1 N–H and O–H groups in total. The number of methoxy groups -OCH3 is 1. The number of rotatable bonds is 6. The van der Waals surface area contributed by atoms with E-state index in [4.69, 9.17) is 4.74 Å². The Bertz CT molecular complexity index is 690. The molecule has 22 heavy (non-hydrogen) atoms. The molecule has 0 radical (unpaired) electrons. The van der Waals surface area contributed by atoms with Gasteiger partial charge in [0.2, 0.25) is 11.5 Å². The summed E-state index contributed by atoms with van der Waals surface area (Å²) < 4.78 is 6.60. The zero-order chi connectivity index (χ0) is 15.9. The van der Waals surface area contributed by atoms with E-state index in [1.54, 1.807) is 26.4 Å². The average Bonchev–Trinajstić information content (AvgIpc) is 2.54. The molecule has 0 bridgehead atoms. The molecule has 1 heterocycles. The van der Waals surface area contributed by atoms with E-state index in [2.05, 4.69) is 5.32 Å². The van der Waals surface area contributed by atoms with E-state index >= 15 is 0 Å². The molecule has 1 aromatic carbocycles. The number of pyridine rings is 1. The van der Waals surface area contributed by atoms with E-state index in [1.165, 1.54) is 10.6 Å². The van der Waals surface area contributed by atoms with Gasteiger partial charge in [0.25, 0.3) is 0 Å². The summed E-state index contributed by atoms with van der Waals surface area (Å²) in [5.74, 6) is 0.799. The summed E-state index contributed by atoms with van der Waals surface area (Å²) in [4.78, 5) is 23.1. The molecular formula is C17H20N2O3. The second kappa shape index (κ2) is 7.45. The summed E-state index contributed by atoms with van der Waals surface area (Å²) in [5, 5.41) is 2.86. The molecule has 1 aromatic heterocycles. The van der Waals surface area contributed by atoms with Crippen LogP contribution >= 0.6 is 0 Å². The molecule has 0 aliphatic rings. The molecule has 2 rings (SSSR count). The molecular weight excluding hydrogens is 280 g/mol. The molecule has 0 saturated carbocycles. The summed E-state index contributed by atoms with van der Waals surface area (Å²) in [7, 11) is 3.32. The maximum absolute atomic E-state index is 11.9. The van der Waals surface area contributed by atoms with Crippen molar-refractivity contribution >= 4 is 5.91 Å². The van der Waals surface area contributed by atoms with E-state index in [9.17, 15) is 9.59 Å². The van der Waals surface area contributed by atoms with Crippen molar-refractivity contribution < 1.29 is 9.53 Å². The second-order valence-electron chi connectivity index (χ2n) is 5.11. The van der Waals surface area contributed by atoms with Crippen molar-refractivity contribution in [2.75, 3.05) is 7.11 Å². The number of hydrogen-bond donors (Lipinski definition) is 1. The first-order chi connectivity index (χ1) is 10.6. The van der Waals surface area contributed by atoms with Crippen LogP contribution in [0.1, 0.15) is 17.5 Å². The normalized spacial score (nSPS) is 10.3. The van der Waals surface area contributed by atoms with Crippen LogP contribution in [0.25, 0.3) is 0 Å². The standard InChI is InChI=1S/C17H20N2O3/c1-19-12-14(6-10-17(19)21)11-18-16(20)9-5-13-3-7-15(22-2)8-4-13/h3-4,6-8,10,12H,5,9,11H2,1-2H3,(H,18,20). The van der Waals surface area contributed by atoms with E-state index in [0.29, 0.717) is 19.4 Å². The van der Waals surface area contributed by atoms with Crippen molar-refractivity contribution in [1.82, 2.24) is 9.88 Å². The monoisotopic (exact) mass is 300 g/mol. The number of aromatic nitrogens is 1. The number of carbonyl (C=O) groups excluding carboxylic acids is 1. The van der Waals surface area contributed by atoms with Crippen LogP contribution in [0.15, 0.2) is 47.4 Å². The van der Waals surface area contributed by atoms with Crippen LogP contribution in [0.4, 0.5) is 0 Å². The van der Waals surface area contributed by atoms with Crippen LogP contribution in [0.5, 0.6) is 5.75 Å². The highest BCUT2D eigenvalue weighted by Crippen LogP contribution is 2.12. The van der Waals surface area contributed by atoms with Crippen LogP contribution in [0, 0.1) is 0 Å². The molecule has 116 valence electrons. The third kappa shape index (κ3) is 4.48. The summed E-state index contributed by atoms with van der Waals surface area (Å²) in [5.41, 5.74) is 1.94. The molecule has 0 atom stereocenters. The lowest BCUT2D eigenvalue weighted by Gasteiger charge is -2.07. The molecule has 5 nitrogen and oxygen atoms in total. The fourth-order valence-corrected chi connectivity index (χ4v) is 2.09. The second-order valence-corrected chi connectivity index (χ2v) is 5.11. The molecule has 0 aliphatic carbocycles. The van der Waals surface area contributed by atoms with Gasteiger partial charge in [0.1, 0.15) is 5.75 Å². The Morgan fingerprint density at radius 3 is 2.45 bits per heavy atom. The van der Waals surface area contributed by atoms with Crippen molar-refractivity contribution in [3.05, 3.63) is 64.1 Å². The summed E-state index contributed by atoms with van der Waals surface area (Å²) in [6, 6.07) is 10.9. The molecule has 1 amide bonds. The number of benzene rings is 1. The lowest BCUT2D eigenvalue weighted by molar-refractivity contribution is -0.121. The van der Waals surface area contributed by atoms with Gasteiger partial charge in [0, 0.05) is 32.3 Å². The average molecular weight is 300 g/mol. The first-order valence-corrected chi connectivity index (χ1v) is 7.13. The molecule has 0 saturated heterocycles. The molecule has 2 aromatic rings. The van der Waals surface area contributed by atoms with Crippen molar-refractivity contribution in [2.45, 2.75) is 19.4 Å². The van der Waals surface area contributed by atoms with E-state index < -0.39 is 0 Å². The lowest BCUT2D eigenvalue weighted by atomic mass is 10.1. The molecule has 0 fully saturated rings. The minimum atomic E-state index is -0.0606. The Balaban J connectivity index is 1.79. The Hall–Kier alpha value is -2.56. The molecule has 0 spiro atoms. The Labute approximate surface area is 129 Å². The number of nitrogens with one attached hydrogen (secondary N) is 1. The van der Waals surface area contributed by atoms with Crippen molar-refractivity contribution in [3.8, 4) is 5.75 Å². The summed E-state index contributed by atoms with van der Waals surface area (Å²) in [6.07, 6.45) is 2.84. The quantitative estimate of drug-likeness (QED) is 0.882. The van der Waals surface area contributed by atoms with Crippen LogP contribution in [-0.2, 0) is 24.8 Å². The third-order valence-corrected chi connectivity index (χ3v) is 3.44. The number of aryl methyl sites for hydroxylation is 2. The Kier molecular flexibility index (Phi) is 5.36. The van der Waals surface area contributed by atoms with Crippen LogP contribution < -0.4 is 15.6 Å². The van der Waals surface area contributed by atoms with Gasteiger partial charge >= 0.3 is 0 Å². The number of nitrogens with zero attached hydrogens (tertiary/aromatic N) is 1. The van der Waals surface area contributed by atoms with Crippen LogP contribution in [0.3, 0.4) is 0 Å². The van der Waals surface area contributed by atoms with Gasteiger partial charge in [-0.1, -0.05) is 18.2 Å². The fraction of sp³-hybridized carbons (Fsp3) is 0.294. The topological polar surface area (TPSA) is 60.3 Å².